The van der Waals surface area contributed by atoms with Crippen LogP contribution in [0, 0.1) is 0 Å². The minimum Gasteiger partial charge on any atom is -0.345 e. The second kappa shape index (κ2) is 9.02. The molecule has 0 radical (unpaired) electrons. The number of nitrogens with zero attached hydrogens (tertiary/aromatic N) is 2. The second-order valence-corrected chi connectivity index (χ2v) is 7.98. The molecule has 32 heavy (non-hydrogen) atoms. The summed E-state index contributed by atoms with van der Waals surface area (Å²) < 4.78 is 0. The molecule has 0 spiro atoms. The Morgan fingerprint density at radius 3 is 2.62 bits per heavy atom. The maximum absolute atomic E-state index is 13.0. The first-order valence-corrected chi connectivity index (χ1v) is 10.9. The number of anilines is 2. The summed E-state index contributed by atoms with van der Waals surface area (Å²) in [7, 11) is 0. The number of fused-ring (bicyclic) bond motifs is 1. The molecule has 5 nitrogen and oxygen atoms in total. The van der Waals surface area contributed by atoms with E-state index in [2.05, 4.69) is 38.8 Å². The van der Waals surface area contributed by atoms with Crippen LogP contribution in [0.15, 0.2) is 91.3 Å². The van der Waals surface area contributed by atoms with Gasteiger partial charge in [0.25, 0.3) is 5.91 Å². The largest absolute Gasteiger partial charge is 0.345 e. The van der Waals surface area contributed by atoms with Gasteiger partial charge in [-0.3, -0.25) is 4.79 Å². The number of hydrogen-bond acceptors (Lipinski definition) is 4. The number of carbonyl (C=O) groups excluding carboxylic acids is 1. The van der Waals surface area contributed by atoms with Crippen LogP contribution >= 0.6 is 0 Å². The van der Waals surface area contributed by atoms with Crippen molar-refractivity contribution in [3.63, 3.8) is 0 Å². The van der Waals surface area contributed by atoms with Crippen LogP contribution in [0.1, 0.15) is 40.4 Å². The van der Waals surface area contributed by atoms with Crippen molar-refractivity contribution in [2.75, 3.05) is 5.32 Å². The Labute approximate surface area is 187 Å². The van der Waals surface area contributed by atoms with Crippen LogP contribution in [0.5, 0.6) is 0 Å². The lowest BCUT2D eigenvalue weighted by atomic mass is 9.87. The molecule has 1 heterocycles. The van der Waals surface area contributed by atoms with Gasteiger partial charge in [-0.15, -0.1) is 0 Å². The van der Waals surface area contributed by atoms with Crippen LogP contribution in [0.25, 0.3) is 11.3 Å². The summed E-state index contributed by atoms with van der Waals surface area (Å²) in [6.45, 7) is 0. The monoisotopic (exact) mass is 420 g/mol. The van der Waals surface area contributed by atoms with Crippen molar-refractivity contribution < 1.29 is 4.79 Å². The van der Waals surface area contributed by atoms with Gasteiger partial charge >= 0.3 is 0 Å². The highest BCUT2D eigenvalue weighted by molar-refractivity contribution is 5.95. The maximum atomic E-state index is 13.0. The van der Waals surface area contributed by atoms with E-state index >= 15 is 0 Å². The summed E-state index contributed by atoms with van der Waals surface area (Å²) in [5, 5.41) is 6.52. The van der Waals surface area contributed by atoms with Crippen LogP contribution in [0.3, 0.4) is 0 Å². The number of nitrogens with one attached hydrogen (secondary N) is 2. The predicted molar refractivity (Wildman–Crippen MR) is 127 cm³/mol. The molecule has 1 amide bonds. The van der Waals surface area contributed by atoms with Crippen LogP contribution < -0.4 is 10.6 Å². The molecule has 1 aromatic heterocycles. The van der Waals surface area contributed by atoms with E-state index in [1.165, 1.54) is 11.1 Å². The van der Waals surface area contributed by atoms with Crippen molar-refractivity contribution in [3.05, 3.63) is 108 Å². The van der Waals surface area contributed by atoms with E-state index in [4.69, 9.17) is 0 Å². The lowest BCUT2D eigenvalue weighted by molar-refractivity contribution is 0.0933. The van der Waals surface area contributed by atoms with E-state index in [1.54, 1.807) is 6.33 Å². The van der Waals surface area contributed by atoms with Gasteiger partial charge in [-0.2, -0.15) is 0 Å². The fourth-order valence-corrected chi connectivity index (χ4v) is 4.22. The van der Waals surface area contributed by atoms with Gasteiger partial charge < -0.3 is 10.6 Å². The normalized spacial score (nSPS) is 14.9. The molecule has 1 aliphatic carbocycles. The van der Waals surface area contributed by atoms with Gasteiger partial charge in [-0.25, -0.2) is 9.97 Å². The summed E-state index contributed by atoms with van der Waals surface area (Å²) >= 11 is 0. The summed E-state index contributed by atoms with van der Waals surface area (Å²) in [6.07, 6.45) is 4.67. The lowest BCUT2D eigenvalue weighted by Crippen LogP contribution is -2.31. The Morgan fingerprint density at radius 1 is 0.875 bits per heavy atom. The van der Waals surface area contributed by atoms with Gasteiger partial charge in [0.1, 0.15) is 12.1 Å². The second-order valence-electron chi connectivity index (χ2n) is 7.98. The standard InChI is InChI=1S/C27H24N4O/c32-27(31-24-15-7-11-19-8-4-5-14-23(19)24)21-12-6-13-22(16-21)30-26-17-25(28-18-29-26)20-9-2-1-3-10-20/h1-6,8-10,12-14,16-18,24H,7,11,15H2,(H,31,32)(H,28,29,30)/t24-/m1/s1. The third kappa shape index (κ3) is 4.37. The molecule has 0 saturated carbocycles. The fraction of sp³-hybridized carbons (Fsp3) is 0.148. The van der Waals surface area contributed by atoms with E-state index in [0.717, 1.165) is 36.2 Å². The van der Waals surface area contributed by atoms with E-state index in [0.29, 0.717) is 11.4 Å². The third-order valence-corrected chi connectivity index (χ3v) is 5.81. The van der Waals surface area contributed by atoms with Crippen molar-refractivity contribution in [3.8, 4) is 11.3 Å². The zero-order valence-corrected chi connectivity index (χ0v) is 17.7. The Bertz CT molecular complexity index is 1240. The minimum atomic E-state index is -0.0667. The first-order chi connectivity index (χ1) is 15.8. The minimum absolute atomic E-state index is 0.0550. The van der Waals surface area contributed by atoms with Gasteiger partial charge in [-0.1, -0.05) is 60.7 Å². The highest BCUT2D eigenvalue weighted by Crippen LogP contribution is 2.30. The zero-order valence-electron chi connectivity index (χ0n) is 17.7. The summed E-state index contributed by atoms with van der Waals surface area (Å²) in [5.41, 5.74) is 5.86. The molecule has 0 unspecified atom stereocenters. The molecule has 2 N–H and O–H groups in total. The molecule has 3 aromatic carbocycles. The quantitative estimate of drug-likeness (QED) is 0.435. The molecule has 158 valence electrons. The number of amides is 1. The highest BCUT2D eigenvalue weighted by atomic mass is 16.1. The van der Waals surface area contributed by atoms with E-state index < -0.39 is 0 Å². The van der Waals surface area contributed by atoms with Crippen LogP contribution in [-0.2, 0) is 6.42 Å². The summed E-state index contributed by atoms with van der Waals surface area (Å²) in [6, 6.07) is 27.8. The number of aryl methyl sites for hydroxylation is 1. The summed E-state index contributed by atoms with van der Waals surface area (Å²) in [4.78, 5) is 21.7. The Morgan fingerprint density at radius 2 is 1.72 bits per heavy atom. The fourth-order valence-electron chi connectivity index (χ4n) is 4.22. The Balaban J connectivity index is 1.32. The van der Waals surface area contributed by atoms with Gasteiger partial charge in [-0.05, 0) is 48.6 Å². The van der Waals surface area contributed by atoms with Crippen LogP contribution in [0.2, 0.25) is 0 Å². The van der Waals surface area contributed by atoms with Gasteiger partial charge in [0, 0.05) is 22.9 Å². The van der Waals surface area contributed by atoms with Crippen molar-refractivity contribution in [2.45, 2.75) is 25.3 Å². The van der Waals surface area contributed by atoms with Gasteiger partial charge in [0.2, 0.25) is 0 Å². The number of aromatic nitrogens is 2. The number of benzene rings is 3. The highest BCUT2D eigenvalue weighted by Gasteiger charge is 2.22. The van der Waals surface area contributed by atoms with Crippen LogP contribution in [0.4, 0.5) is 11.5 Å². The topological polar surface area (TPSA) is 66.9 Å². The average molecular weight is 421 g/mol. The molecule has 5 heteroatoms. The van der Waals surface area contributed by atoms with E-state index in [1.807, 2.05) is 66.7 Å². The van der Waals surface area contributed by atoms with E-state index in [9.17, 15) is 4.79 Å². The smallest absolute Gasteiger partial charge is 0.251 e. The summed E-state index contributed by atoms with van der Waals surface area (Å²) in [5.74, 6) is 0.612. The molecule has 0 fully saturated rings. The predicted octanol–water partition coefficient (Wildman–Crippen LogP) is 5.69. The first-order valence-electron chi connectivity index (χ1n) is 10.9. The molecule has 0 bridgehead atoms. The third-order valence-electron chi connectivity index (χ3n) is 5.81. The molecular weight excluding hydrogens is 396 g/mol. The maximum Gasteiger partial charge on any atom is 0.251 e. The molecule has 0 aliphatic heterocycles. The molecule has 1 aliphatic rings. The van der Waals surface area contributed by atoms with E-state index in [-0.39, 0.29) is 11.9 Å². The SMILES string of the molecule is O=C(N[C@@H]1CCCc2ccccc21)c1cccc(Nc2cc(-c3ccccc3)ncn2)c1. The molecule has 4 aromatic rings. The number of carbonyl (C=O) groups is 1. The first kappa shape index (κ1) is 19.9. The Kier molecular flexibility index (Phi) is 5.62. The number of rotatable bonds is 5. The Hall–Kier alpha value is -3.99. The zero-order chi connectivity index (χ0) is 21.8. The average Bonchev–Trinajstić information content (AvgIpc) is 2.85. The molecular formula is C27H24N4O. The van der Waals surface area contributed by atoms with Crippen molar-refractivity contribution in [1.29, 1.82) is 0 Å². The number of hydrogen-bond donors (Lipinski definition) is 2. The van der Waals surface area contributed by atoms with Crippen molar-refractivity contribution in [2.24, 2.45) is 0 Å². The van der Waals surface area contributed by atoms with Crippen molar-refractivity contribution >= 4 is 17.4 Å². The molecule has 1 atom stereocenters. The van der Waals surface area contributed by atoms with Gasteiger partial charge in [0.15, 0.2) is 0 Å². The van der Waals surface area contributed by atoms with Crippen molar-refractivity contribution in [1.82, 2.24) is 15.3 Å². The van der Waals surface area contributed by atoms with Crippen LogP contribution in [-0.4, -0.2) is 15.9 Å². The molecule has 0 saturated heterocycles. The lowest BCUT2D eigenvalue weighted by Gasteiger charge is -2.26. The molecule has 5 rings (SSSR count). The van der Waals surface area contributed by atoms with Gasteiger partial charge in [0.05, 0.1) is 11.7 Å².